The van der Waals surface area contributed by atoms with Gasteiger partial charge in [0, 0.05) is 0 Å². The van der Waals surface area contributed by atoms with E-state index in [1.54, 1.807) is 6.08 Å². The SMILES string of the molecule is C=CCC=CC1CCC(CCCC(CC)c2ccc(C=C)c(CF)c2)CC1. The van der Waals surface area contributed by atoms with E-state index in [-0.39, 0.29) is 0 Å². The zero-order valence-electron chi connectivity index (χ0n) is 17.1. The maximum atomic E-state index is 13.3. The van der Waals surface area contributed by atoms with E-state index in [1.165, 1.54) is 50.5 Å². The first-order valence-corrected chi connectivity index (χ1v) is 10.8. The van der Waals surface area contributed by atoms with Crippen molar-refractivity contribution in [3.8, 4) is 0 Å². The van der Waals surface area contributed by atoms with E-state index in [0.717, 1.165) is 35.8 Å². The van der Waals surface area contributed by atoms with Crippen LogP contribution in [0.3, 0.4) is 0 Å². The lowest BCUT2D eigenvalue weighted by Gasteiger charge is -2.27. The normalized spacial score (nSPS) is 21.3. The topological polar surface area (TPSA) is 0 Å². The van der Waals surface area contributed by atoms with Gasteiger partial charge in [0.2, 0.25) is 0 Å². The van der Waals surface area contributed by atoms with Crippen LogP contribution in [0.15, 0.2) is 49.6 Å². The molecule has 27 heavy (non-hydrogen) atoms. The van der Waals surface area contributed by atoms with Crippen LogP contribution in [-0.2, 0) is 6.67 Å². The van der Waals surface area contributed by atoms with Crippen LogP contribution in [0.4, 0.5) is 4.39 Å². The molecule has 1 fully saturated rings. The molecule has 0 heterocycles. The van der Waals surface area contributed by atoms with Crippen molar-refractivity contribution in [2.75, 3.05) is 0 Å². The van der Waals surface area contributed by atoms with Crippen molar-refractivity contribution < 1.29 is 4.39 Å². The molecule has 1 heteroatoms. The molecule has 148 valence electrons. The zero-order valence-corrected chi connectivity index (χ0v) is 17.1. The minimum atomic E-state index is -0.407. The second kappa shape index (κ2) is 12.0. The fraction of sp³-hybridized carbons (Fsp3) is 0.538. The lowest BCUT2D eigenvalue weighted by Crippen LogP contribution is -2.13. The molecule has 1 unspecified atom stereocenters. The highest BCUT2D eigenvalue weighted by Crippen LogP contribution is 2.34. The molecule has 0 saturated heterocycles. The predicted molar refractivity (Wildman–Crippen MR) is 118 cm³/mol. The number of alkyl halides is 1. The van der Waals surface area contributed by atoms with E-state index in [0.29, 0.717) is 5.92 Å². The van der Waals surface area contributed by atoms with Gasteiger partial charge in [-0.3, -0.25) is 0 Å². The van der Waals surface area contributed by atoms with Gasteiger partial charge in [-0.2, -0.15) is 0 Å². The number of rotatable bonds is 11. The monoisotopic (exact) mass is 368 g/mol. The lowest BCUT2D eigenvalue weighted by molar-refractivity contribution is 0.286. The highest BCUT2D eigenvalue weighted by molar-refractivity contribution is 5.53. The van der Waals surface area contributed by atoms with Gasteiger partial charge in [0.1, 0.15) is 6.67 Å². The van der Waals surface area contributed by atoms with Crippen LogP contribution in [0.2, 0.25) is 0 Å². The van der Waals surface area contributed by atoms with Gasteiger partial charge in [-0.05, 0) is 79.4 Å². The van der Waals surface area contributed by atoms with Gasteiger partial charge in [-0.15, -0.1) is 6.58 Å². The first kappa shape index (κ1) is 21.7. The van der Waals surface area contributed by atoms with Gasteiger partial charge >= 0.3 is 0 Å². The van der Waals surface area contributed by atoms with E-state index in [9.17, 15) is 4.39 Å². The first-order chi connectivity index (χ1) is 13.2. The highest BCUT2D eigenvalue weighted by atomic mass is 19.1. The van der Waals surface area contributed by atoms with Crippen LogP contribution in [0.5, 0.6) is 0 Å². The third-order valence-corrected chi connectivity index (χ3v) is 6.26. The number of benzene rings is 1. The summed E-state index contributed by atoms with van der Waals surface area (Å²) >= 11 is 0. The number of hydrogen-bond acceptors (Lipinski definition) is 0. The first-order valence-electron chi connectivity index (χ1n) is 10.8. The fourth-order valence-electron chi connectivity index (χ4n) is 4.49. The van der Waals surface area contributed by atoms with Crippen molar-refractivity contribution in [2.24, 2.45) is 11.8 Å². The van der Waals surface area contributed by atoms with Crippen LogP contribution < -0.4 is 0 Å². The minimum absolute atomic E-state index is 0.407. The number of halogens is 1. The lowest BCUT2D eigenvalue weighted by atomic mass is 9.79. The third kappa shape index (κ3) is 6.79. The molecule has 0 bridgehead atoms. The van der Waals surface area contributed by atoms with Crippen molar-refractivity contribution in [1.29, 1.82) is 0 Å². The van der Waals surface area contributed by atoms with Crippen LogP contribution >= 0.6 is 0 Å². The van der Waals surface area contributed by atoms with Gasteiger partial charge in [-0.25, -0.2) is 4.39 Å². The summed E-state index contributed by atoms with van der Waals surface area (Å²) in [6.07, 6.45) is 19.8. The van der Waals surface area contributed by atoms with E-state index >= 15 is 0 Å². The predicted octanol–water partition coefficient (Wildman–Crippen LogP) is 8.40. The van der Waals surface area contributed by atoms with Gasteiger partial charge in [0.15, 0.2) is 0 Å². The molecular weight excluding hydrogens is 331 g/mol. The molecule has 1 aliphatic rings. The van der Waals surface area contributed by atoms with E-state index in [1.807, 2.05) is 12.1 Å². The summed E-state index contributed by atoms with van der Waals surface area (Å²) < 4.78 is 13.3. The Bertz CT molecular complexity index is 605. The average Bonchev–Trinajstić information content (AvgIpc) is 2.72. The van der Waals surface area contributed by atoms with Gasteiger partial charge < -0.3 is 0 Å². The number of allylic oxidation sites excluding steroid dienone is 3. The van der Waals surface area contributed by atoms with E-state index in [2.05, 4.69) is 44.4 Å². The van der Waals surface area contributed by atoms with Crippen molar-refractivity contribution in [3.05, 3.63) is 66.3 Å². The summed E-state index contributed by atoms with van der Waals surface area (Å²) in [5.74, 6) is 2.23. The molecule has 1 aromatic rings. The van der Waals surface area contributed by atoms with Gasteiger partial charge in [0.05, 0.1) is 0 Å². The Morgan fingerprint density at radius 3 is 2.59 bits per heavy atom. The maximum absolute atomic E-state index is 13.3. The van der Waals surface area contributed by atoms with Crippen molar-refractivity contribution >= 4 is 6.08 Å². The quantitative estimate of drug-likeness (QED) is 0.344. The molecular formula is C26H37F. The van der Waals surface area contributed by atoms with Gasteiger partial charge in [0.25, 0.3) is 0 Å². The second-order valence-corrected chi connectivity index (χ2v) is 8.07. The molecule has 1 saturated carbocycles. The van der Waals surface area contributed by atoms with Crippen molar-refractivity contribution in [2.45, 2.75) is 77.3 Å². The molecule has 1 aromatic carbocycles. The highest BCUT2D eigenvalue weighted by Gasteiger charge is 2.20. The minimum Gasteiger partial charge on any atom is -0.246 e. The Kier molecular flexibility index (Phi) is 9.59. The molecule has 1 atom stereocenters. The van der Waals surface area contributed by atoms with Crippen LogP contribution in [0, 0.1) is 11.8 Å². The summed E-state index contributed by atoms with van der Waals surface area (Å²) in [6, 6.07) is 6.26. The average molecular weight is 369 g/mol. The van der Waals surface area contributed by atoms with Crippen LogP contribution in [-0.4, -0.2) is 0 Å². The Labute approximate surface area is 166 Å². The smallest absolute Gasteiger partial charge is 0.115 e. The van der Waals surface area contributed by atoms with Crippen LogP contribution in [0.1, 0.15) is 87.3 Å². The molecule has 0 spiro atoms. The third-order valence-electron chi connectivity index (χ3n) is 6.26. The molecule has 0 amide bonds. The molecule has 0 aliphatic heterocycles. The number of hydrogen-bond donors (Lipinski definition) is 0. The molecule has 0 nitrogen and oxygen atoms in total. The Hall–Kier alpha value is -1.63. The van der Waals surface area contributed by atoms with E-state index in [4.69, 9.17) is 0 Å². The fourth-order valence-corrected chi connectivity index (χ4v) is 4.49. The largest absolute Gasteiger partial charge is 0.246 e. The van der Waals surface area contributed by atoms with Crippen LogP contribution in [0.25, 0.3) is 6.08 Å². The van der Waals surface area contributed by atoms with Crippen molar-refractivity contribution in [3.63, 3.8) is 0 Å². The summed E-state index contributed by atoms with van der Waals surface area (Å²) in [7, 11) is 0. The standard InChI is InChI=1S/C26H37F/c1-4-7-8-10-21-13-15-22(16-14-21)11-9-12-23(5-2)25-18-17-24(6-3)26(19-25)20-27/h4,6,8,10,17-19,21-23H,1,3,5,7,9,11-16,20H2,2H3. The van der Waals surface area contributed by atoms with E-state index < -0.39 is 6.67 Å². The summed E-state index contributed by atoms with van der Waals surface area (Å²) in [4.78, 5) is 0. The maximum Gasteiger partial charge on any atom is 0.115 e. The van der Waals surface area contributed by atoms with Gasteiger partial charge in [-0.1, -0.05) is 68.8 Å². The zero-order chi connectivity index (χ0) is 19.5. The summed E-state index contributed by atoms with van der Waals surface area (Å²) in [5.41, 5.74) is 3.01. The molecule has 0 aromatic heterocycles. The molecule has 0 N–H and O–H groups in total. The summed E-state index contributed by atoms with van der Waals surface area (Å²) in [6.45, 7) is 9.41. The second-order valence-electron chi connectivity index (χ2n) is 8.07. The Balaban J connectivity index is 1.78. The Morgan fingerprint density at radius 2 is 1.96 bits per heavy atom. The Morgan fingerprint density at radius 1 is 1.19 bits per heavy atom. The summed E-state index contributed by atoms with van der Waals surface area (Å²) in [5, 5.41) is 0. The molecule has 0 radical (unpaired) electrons. The molecule has 2 rings (SSSR count). The van der Waals surface area contributed by atoms with Crippen molar-refractivity contribution in [1.82, 2.24) is 0 Å². The molecule has 1 aliphatic carbocycles.